The van der Waals surface area contributed by atoms with E-state index in [9.17, 15) is 9.59 Å². The minimum atomic E-state index is -0.684. The summed E-state index contributed by atoms with van der Waals surface area (Å²) in [7, 11) is 0. The quantitative estimate of drug-likeness (QED) is 0.842. The van der Waals surface area contributed by atoms with Crippen LogP contribution in [0.5, 0.6) is 0 Å². The van der Waals surface area contributed by atoms with Crippen LogP contribution in [0, 0.1) is 0 Å². The number of nitrogens with zero attached hydrogens (tertiary/aromatic N) is 1. The molecule has 0 spiro atoms. The number of hydrogen-bond acceptors (Lipinski definition) is 3. The third-order valence-corrected chi connectivity index (χ3v) is 4.06. The lowest BCUT2D eigenvalue weighted by atomic mass is 10.1. The minimum absolute atomic E-state index is 0.0229. The third kappa shape index (κ3) is 2.41. The predicted octanol–water partition coefficient (Wildman–Crippen LogP) is 0.509. The van der Waals surface area contributed by atoms with Crippen molar-refractivity contribution in [2.75, 3.05) is 13.1 Å². The SMILES string of the molecule is NC1CCN(C(=O)C2(NC(=O)c3ccccc3)CC2)C1. The Morgan fingerprint density at radius 1 is 1.25 bits per heavy atom. The summed E-state index contributed by atoms with van der Waals surface area (Å²) in [5.41, 5.74) is 5.74. The highest BCUT2D eigenvalue weighted by Crippen LogP contribution is 2.38. The maximum Gasteiger partial charge on any atom is 0.252 e. The molecular weight excluding hydrogens is 254 g/mol. The Morgan fingerprint density at radius 2 is 1.95 bits per heavy atom. The summed E-state index contributed by atoms with van der Waals surface area (Å²) in [4.78, 5) is 26.5. The number of hydrogen-bond donors (Lipinski definition) is 2. The smallest absolute Gasteiger partial charge is 0.252 e. The van der Waals surface area contributed by atoms with Crippen molar-refractivity contribution >= 4 is 11.8 Å². The summed E-state index contributed by atoms with van der Waals surface area (Å²) < 4.78 is 0. The Bertz CT molecular complexity index is 525. The first-order valence-corrected chi connectivity index (χ1v) is 7.03. The van der Waals surface area contributed by atoms with Crippen molar-refractivity contribution in [2.24, 2.45) is 5.73 Å². The Morgan fingerprint density at radius 3 is 2.50 bits per heavy atom. The van der Waals surface area contributed by atoms with Gasteiger partial charge in [0, 0.05) is 24.7 Å². The van der Waals surface area contributed by atoms with Crippen LogP contribution in [0.3, 0.4) is 0 Å². The van der Waals surface area contributed by atoms with Gasteiger partial charge in [-0.2, -0.15) is 0 Å². The third-order valence-electron chi connectivity index (χ3n) is 4.06. The van der Waals surface area contributed by atoms with Crippen LogP contribution in [0.25, 0.3) is 0 Å². The van der Waals surface area contributed by atoms with Crippen LogP contribution in [0.4, 0.5) is 0 Å². The van der Waals surface area contributed by atoms with E-state index in [0.29, 0.717) is 18.7 Å². The molecule has 1 saturated carbocycles. The highest BCUT2D eigenvalue weighted by atomic mass is 16.2. The molecule has 1 aliphatic carbocycles. The van der Waals surface area contributed by atoms with E-state index in [1.165, 1.54) is 0 Å². The lowest BCUT2D eigenvalue weighted by Crippen LogP contribution is -2.50. The molecule has 1 unspecified atom stereocenters. The number of benzene rings is 1. The first-order chi connectivity index (χ1) is 9.61. The molecule has 1 atom stereocenters. The van der Waals surface area contributed by atoms with Crippen molar-refractivity contribution in [2.45, 2.75) is 30.8 Å². The Kier molecular flexibility index (Phi) is 3.22. The molecule has 1 aromatic carbocycles. The average Bonchev–Trinajstić information content (AvgIpc) is 3.12. The van der Waals surface area contributed by atoms with Crippen LogP contribution in [0.1, 0.15) is 29.6 Å². The Labute approximate surface area is 118 Å². The van der Waals surface area contributed by atoms with Crippen molar-refractivity contribution < 1.29 is 9.59 Å². The van der Waals surface area contributed by atoms with E-state index in [2.05, 4.69) is 5.32 Å². The van der Waals surface area contributed by atoms with Crippen LogP contribution in [0.2, 0.25) is 0 Å². The maximum atomic E-state index is 12.5. The zero-order chi connectivity index (χ0) is 14.2. The van der Waals surface area contributed by atoms with Crippen molar-refractivity contribution in [1.82, 2.24) is 10.2 Å². The number of carbonyl (C=O) groups excluding carboxylic acids is 2. The summed E-state index contributed by atoms with van der Waals surface area (Å²) in [5.74, 6) is -0.158. The van der Waals surface area contributed by atoms with Gasteiger partial charge in [0.25, 0.3) is 5.91 Å². The molecule has 5 nitrogen and oxygen atoms in total. The molecule has 2 amide bonds. The molecule has 2 aliphatic rings. The summed E-state index contributed by atoms with van der Waals surface area (Å²) in [6.45, 7) is 1.30. The molecule has 2 fully saturated rings. The number of likely N-dealkylation sites (tertiary alicyclic amines) is 1. The van der Waals surface area contributed by atoms with Crippen LogP contribution in [-0.4, -0.2) is 41.4 Å². The standard InChI is InChI=1S/C15H19N3O2/c16-12-6-9-18(10-12)14(20)15(7-8-15)17-13(19)11-4-2-1-3-5-11/h1-5,12H,6-10,16H2,(H,17,19). The van der Waals surface area contributed by atoms with Gasteiger partial charge in [-0.05, 0) is 31.4 Å². The van der Waals surface area contributed by atoms with Gasteiger partial charge in [0.1, 0.15) is 5.54 Å². The largest absolute Gasteiger partial charge is 0.339 e. The van der Waals surface area contributed by atoms with Crippen molar-refractivity contribution in [3.05, 3.63) is 35.9 Å². The van der Waals surface area contributed by atoms with Crippen molar-refractivity contribution in [3.8, 4) is 0 Å². The van der Waals surface area contributed by atoms with Crippen LogP contribution in [-0.2, 0) is 4.79 Å². The Balaban J connectivity index is 1.67. The molecule has 20 heavy (non-hydrogen) atoms. The summed E-state index contributed by atoms with van der Waals surface area (Å²) in [6, 6.07) is 9.06. The van der Waals surface area contributed by atoms with Crippen LogP contribution in [0.15, 0.2) is 30.3 Å². The number of nitrogens with two attached hydrogens (primary N) is 1. The molecule has 106 valence electrons. The zero-order valence-electron chi connectivity index (χ0n) is 11.3. The van der Waals surface area contributed by atoms with E-state index >= 15 is 0 Å². The first-order valence-electron chi connectivity index (χ1n) is 7.03. The number of nitrogens with one attached hydrogen (secondary N) is 1. The van der Waals surface area contributed by atoms with E-state index in [0.717, 1.165) is 19.3 Å². The maximum absolute atomic E-state index is 12.5. The minimum Gasteiger partial charge on any atom is -0.339 e. The van der Waals surface area contributed by atoms with Crippen molar-refractivity contribution in [1.29, 1.82) is 0 Å². The van der Waals surface area contributed by atoms with E-state index < -0.39 is 5.54 Å². The molecule has 1 saturated heterocycles. The summed E-state index contributed by atoms with van der Waals surface area (Å²) in [5, 5.41) is 2.90. The van der Waals surface area contributed by atoms with Gasteiger partial charge >= 0.3 is 0 Å². The number of carbonyl (C=O) groups is 2. The molecule has 1 aromatic rings. The van der Waals surface area contributed by atoms with E-state index in [1.807, 2.05) is 18.2 Å². The monoisotopic (exact) mass is 273 g/mol. The lowest BCUT2D eigenvalue weighted by molar-refractivity contribution is -0.133. The second kappa shape index (κ2) is 4.90. The van der Waals surface area contributed by atoms with Gasteiger partial charge in [-0.1, -0.05) is 18.2 Å². The van der Waals surface area contributed by atoms with Gasteiger partial charge in [-0.15, -0.1) is 0 Å². The zero-order valence-corrected chi connectivity index (χ0v) is 11.3. The fraction of sp³-hybridized carbons (Fsp3) is 0.467. The topological polar surface area (TPSA) is 75.4 Å². The van der Waals surface area contributed by atoms with Crippen LogP contribution >= 0.6 is 0 Å². The summed E-state index contributed by atoms with van der Waals surface area (Å²) in [6.07, 6.45) is 2.28. The molecule has 3 rings (SSSR count). The van der Waals surface area contributed by atoms with Gasteiger partial charge < -0.3 is 16.0 Å². The fourth-order valence-electron chi connectivity index (χ4n) is 2.67. The van der Waals surface area contributed by atoms with Gasteiger partial charge in [0.2, 0.25) is 5.91 Å². The van der Waals surface area contributed by atoms with Gasteiger partial charge in [0.05, 0.1) is 0 Å². The molecule has 1 aliphatic heterocycles. The Hall–Kier alpha value is -1.88. The predicted molar refractivity (Wildman–Crippen MR) is 75.0 cm³/mol. The average molecular weight is 273 g/mol. The first kappa shape index (κ1) is 13.1. The van der Waals surface area contributed by atoms with Gasteiger partial charge in [0.15, 0.2) is 0 Å². The molecule has 0 radical (unpaired) electrons. The summed E-state index contributed by atoms with van der Waals surface area (Å²) >= 11 is 0. The van der Waals surface area contributed by atoms with E-state index in [-0.39, 0.29) is 17.9 Å². The van der Waals surface area contributed by atoms with Gasteiger partial charge in [-0.25, -0.2) is 0 Å². The molecule has 0 aromatic heterocycles. The number of amides is 2. The molecule has 1 heterocycles. The lowest BCUT2D eigenvalue weighted by Gasteiger charge is -2.24. The second-order valence-electron chi connectivity index (χ2n) is 5.70. The van der Waals surface area contributed by atoms with Crippen LogP contribution < -0.4 is 11.1 Å². The van der Waals surface area contributed by atoms with E-state index in [1.54, 1.807) is 17.0 Å². The van der Waals surface area contributed by atoms with E-state index in [4.69, 9.17) is 5.73 Å². The molecule has 5 heteroatoms. The normalized spacial score (nSPS) is 23.4. The highest BCUT2D eigenvalue weighted by molar-refractivity contribution is 6.00. The molecular formula is C15H19N3O2. The second-order valence-corrected chi connectivity index (χ2v) is 5.70. The van der Waals surface area contributed by atoms with Gasteiger partial charge in [-0.3, -0.25) is 9.59 Å². The van der Waals surface area contributed by atoms with Crippen molar-refractivity contribution in [3.63, 3.8) is 0 Å². The molecule has 3 N–H and O–H groups in total. The number of rotatable bonds is 3. The molecule has 0 bridgehead atoms. The highest BCUT2D eigenvalue weighted by Gasteiger charge is 2.53. The fourth-order valence-corrected chi connectivity index (χ4v) is 2.67.